The van der Waals surface area contributed by atoms with Crippen molar-refractivity contribution in [3.8, 4) is 22.3 Å². The number of hydrogen-bond donors (Lipinski definition) is 1. The topological polar surface area (TPSA) is 28.4 Å². The maximum Gasteiger partial charge on any atom is 0.142 e. The van der Waals surface area contributed by atoms with Crippen molar-refractivity contribution in [2.45, 2.75) is 32.4 Å². The summed E-state index contributed by atoms with van der Waals surface area (Å²) in [7, 11) is 0. The van der Waals surface area contributed by atoms with Crippen LogP contribution in [0.4, 0.5) is 17.1 Å². The first-order valence-corrected chi connectivity index (χ1v) is 16.7. The van der Waals surface area contributed by atoms with Crippen molar-refractivity contribution in [1.29, 1.82) is 0 Å². The number of fused-ring (bicyclic) bond motifs is 5. The van der Waals surface area contributed by atoms with Crippen LogP contribution in [0.3, 0.4) is 0 Å². The van der Waals surface area contributed by atoms with Crippen molar-refractivity contribution in [1.82, 2.24) is 0 Å². The zero-order valence-corrected chi connectivity index (χ0v) is 27.4. The van der Waals surface area contributed by atoms with Crippen LogP contribution in [0.25, 0.3) is 55.0 Å². The van der Waals surface area contributed by atoms with Gasteiger partial charge in [-0.15, -0.1) is 0 Å². The Bertz CT molecular complexity index is 2470. The predicted octanol–water partition coefficient (Wildman–Crippen LogP) is 12.6. The number of rotatable bonds is 4. The number of nitrogens with zero attached hydrogens (tertiary/aromatic N) is 1. The van der Waals surface area contributed by atoms with E-state index in [-0.39, 0.29) is 11.6 Å². The first kappa shape index (κ1) is 28.4. The van der Waals surface area contributed by atoms with E-state index < -0.39 is 0 Å². The zero-order chi connectivity index (χ0) is 32.4. The lowest BCUT2D eigenvalue weighted by molar-refractivity contribution is 0.588. The molecule has 1 aliphatic rings. The second-order valence-electron chi connectivity index (χ2n) is 13.9. The highest BCUT2D eigenvalue weighted by molar-refractivity contribution is 6.08. The minimum absolute atomic E-state index is 0.108. The van der Waals surface area contributed by atoms with Gasteiger partial charge in [-0.3, -0.25) is 0 Å². The van der Waals surface area contributed by atoms with Crippen LogP contribution in [0.1, 0.15) is 38.1 Å². The molecule has 1 N–H and O–H groups in total. The van der Waals surface area contributed by atoms with Crippen LogP contribution >= 0.6 is 0 Å². The molecule has 48 heavy (non-hydrogen) atoms. The summed E-state index contributed by atoms with van der Waals surface area (Å²) < 4.78 is 6.86. The van der Waals surface area contributed by atoms with Crippen molar-refractivity contribution in [2.75, 3.05) is 10.2 Å². The number of benzene rings is 7. The minimum Gasteiger partial charge on any atom is -0.456 e. The number of anilines is 3. The highest BCUT2D eigenvalue weighted by Crippen LogP contribution is 2.54. The monoisotopic (exact) mass is 620 g/mol. The van der Waals surface area contributed by atoms with Crippen LogP contribution in [0.15, 0.2) is 156 Å². The largest absolute Gasteiger partial charge is 0.456 e. The van der Waals surface area contributed by atoms with Gasteiger partial charge in [0.25, 0.3) is 0 Å². The maximum absolute atomic E-state index is 6.86. The lowest BCUT2D eigenvalue weighted by Crippen LogP contribution is -2.27. The SMILES string of the molecule is CC(C)(C)c1cccc(-c2ccccc2)c1N1c2cc3ccccc3cc2NC1c1cccc2c1oc1cc(-c3ccccc3)ccc12. The molecule has 0 bridgehead atoms. The van der Waals surface area contributed by atoms with Crippen molar-refractivity contribution >= 4 is 49.8 Å². The summed E-state index contributed by atoms with van der Waals surface area (Å²) in [5, 5.41) is 8.67. The van der Waals surface area contributed by atoms with Gasteiger partial charge >= 0.3 is 0 Å². The Morgan fingerprint density at radius 3 is 2.02 bits per heavy atom. The van der Waals surface area contributed by atoms with E-state index in [1.165, 1.54) is 38.7 Å². The summed E-state index contributed by atoms with van der Waals surface area (Å²) in [6.45, 7) is 6.93. The molecule has 3 heteroatoms. The standard InChI is InChI=1S/C45H36N2O/c1-45(2,3)38-23-13-20-34(30-16-8-5-9-17-30)42(38)47-40-27-32-19-11-10-18-31(32)26-39(40)46-44(47)37-22-12-21-36-35-25-24-33(28-41(35)48-43(36)37)29-14-6-4-7-15-29/h4-28,44,46H,1-3H3. The van der Waals surface area contributed by atoms with Crippen molar-refractivity contribution in [3.05, 3.63) is 163 Å². The molecule has 3 nitrogen and oxygen atoms in total. The van der Waals surface area contributed by atoms with E-state index in [1.807, 2.05) is 0 Å². The fourth-order valence-corrected chi connectivity index (χ4v) is 7.47. The molecule has 0 saturated carbocycles. The van der Waals surface area contributed by atoms with E-state index in [0.29, 0.717) is 0 Å². The van der Waals surface area contributed by atoms with Crippen molar-refractivity contribution in [3.63, 3.8) is 0 Å². The molecule has 0 amide bonds. The van der Waals surface area contributed by atoms with E-state index in [2.05, 4.69) is 183 Å². The highest BCUT2D eigenvalue weighted by Gasteiger charge is 2.37. The second-order valence-corrected chi connectivity index (χ2v) is 13.9. The van der Waals surface area contributed by atoms with Gasteiger partial charge in [0, 0.05) is 21.9 Å². The van der Waals surface area contributed by atoms with Crippen LogP contribution in [0.5, 0.6) is 0 Å². The molecule has 0 radical (unpaired) electrons. The Labute approximate surface area is 281 Å². The first-order valence-electron chi connectivity index (χ1n) is 16.7. The maximum atomic E-state index is 6.86. The Morgan fingerprint density at radius 2 is 1.27 bits per heavy atom. The molecule has 1 unspecified atom stereocenters. The van der Waals surface area contributed by atoms with Gasteiger partial charge in [0.2, 0.25) is 0 Å². The van der Waals surface area contributed by atoms with E-state index in [4.69, 9.17) is 4.42 Å². The molecule has 0 spiro atoms. The quantitative estimate of drug-likeness (QED) is 0.212. The van der Waals surface area contributed by atoms with Crippen molar-refractivity contribution in [2.24, 2.45) is 0 Å². The summed E-state index contributed by atoms with van der Waals surface area (Å²) in [5.41, 5.74) is 12.3. The molecule has 0 saturated heterocycles. The Morgan fingerprint density at radius 1 is 0.583 bits per heavy atom. The van der Waals surface area contributed by atoms with Gasteiger partial charge in [0.15, 0.2) is 0 Å². The van der Waals surface area contributed by atoms with Crippen LogP contribution in [0.2, 0.25) is 0 Å². The lowest BCUT2D eigenvalue weighted by atomic mass is 9.82. The molecule has 9 rings (SSSR count). The van der Waals surface area contributed by atoms with Crippen LogP contribution in [-0.2, 0) is 5.41 Å². The Kier molecular flexibility index (Phi) is 6.45. The molecule has 0 aliphatic carbocycles. The number of furan rings is 1. The van der Waals surface area contributed by atoms with Gasteiger partial charge in [-0.25, -0.2) is 0 Å². The summed E-state index contributed by atoms with van der Waals surface area (Å²) in [6, 6.07) is 54.5. The molecular weight excluding hydrogens is 585 g/mol. The molecule has 8 aromatic rings. The zero-order valence-electron chi connectivity index (χ0n) is 27.4. The predicted molar refractivity (Wildman–Crippen MR) is 202 cm³/mol. The molecular formula is C45H36N2O. The van der Waals surface area contributed by atoms with Crippen molar-refractivity contribution < 1.29 is 4.42 Å². The number of hydrogen-bond acceptors (Lipinski definition) is 3. The van der Waals surface area contributed by atoms with Gasteiger partial charge in [-0.05, 0) is 62.7 Å². The van der Waals surface area contributed by atoms with Gasteiger partial charge in [-0.2, -0.15) is 0 Å². The average Bonchev–Trinajstić information content (AvgIpc) is 3.68. The highest BCUT2D eigenvalue weighted by atomic mass is 16.3. The smallest absolute Gasteiger partial charge is 0.142 e. The normalized spacial score (nSPS) is 14.5. The number of nitrogens with one attached hydrogen (secondary N) is 1. The molecule has 7 aromatic carbocycles. The van der Waals surface area contributed by atoms with Crippen LogP contribution in [0, 0.1) is 0 Å². The lowest BCUT2D eigenvalue weighted by Gasteiger charge is -2.35. The fourth-order valence-electron chi connectivity index (χ4n) is 7.47. The molecule has 1 aromatic heterocycles. The third-order valence-corrected chi connectivity index (χ3v) is 9.77. The fraction of sp³-hybridized carbons (Fsp3) is 0.111. The average molecular weight is 621 g/mol. The van der Waals surface area contributed by atoms with Gasteiger partial charge in [-0.1, -0.05) is 148 Å². The summed E-state index contributed by atoms with van der Waals surface area (Å²) >= 11 is 0. The summed E-state index contributed by atoms with van der Waals surface area (Å²) in [6.07, 6.45) is -0.208. The van der Waals surface area contributed by atoms with E-state index in [1.54, 1.807) is 0 Å². The van der Waals surface area contributed by atoms with Crippen LogP contribution < -0.4 is 10.2 Å². The summed E-state index contributed by atoms with van der Waals surface area (Å²) in [4.78, 5) is 2.53. The molecule has 1 atom stereocenters. The van der Waals surface area contributed by atoms with E-state index in [0.717, 1.165) is 44.4 Å². The third kappa shape index (κ3) is 4.57. The Hall–Kier alpha value is -5.80. The minimum atomic E-state index is -0.208. The summed E-state index contributed by atoms with van der Waals surface area (Å²) in [5.74, 6) is 0. The first-order chi connectivity index (χ1) is 23.4. The van der Waals surface area contributed by atoms with Gasteiger partial charge in [0.1, 0.15) is 17.3 Å². The second kappa shape index (κ2) is 10.9. The van der Waals surface area contributed by atoms with Gasteiger partial charge < -0.3 is 14.6 Å². The molecule has 0 fully saturated rings. The molecule has 1 aliphatic heterocycles. The molecule has 232 valence electrons. The molecule has 2 heterocycles. The van der Waals surface area contributed by atoms with Crippen LogP contribution in [-0.4, -0.2) is 0 Å². The van der Waals surface area contributed by atoms with E-state index >= 15 is 0 Å². The third-order valence-electron chi connectivity index (χ3n) is 9.77. The Balaban J connectivity index is 1.31. The van der Waals surface area contributed by atoms with Gasteiger partial charge in [0.05, 0.1) is 17.1 Å². The number of para-hydroxylation sites is 2. The van der Waals surface area contributed by atoms with E-state index in [9.17, 15) is 0 Å².